The summed E-state index contributed by atoms with van der Waals surface area (Å²) in [6.45, 7) is 4.31. The van der Waals surface area contributed by atoms with Gasteiger partial charge in [-0.1, -0.05) is 185 Å². The summed E-state index contributed by atoms with van der Waals surface area (Å²) in [5, 5.41) is 0. The third-order valence-corrected chi connectivity index (χ3v) is 11.9. The summed E-state index contributed by atoms with van der Waals surface area (Å²) < 4.78 is 33.6. The van der Waals surface area contributed by atoms with Crippen LogP contribution in [0.3, 0.4) is 0 Å². The molecule has 2 atom stereocenters. The molecule has 0 radical (unpaired) electrons. The minimum Gasteiger partial charge on any atom is -0.462 e. The van der Waals surface area contributed by atoms with Crippen LogP contribution in [0, 0.1) is 0 Å². The summed E-state index contributed by atoms with van der Waals surface area (Å²) >= 11 is 0. The van der Waals surface area contributed by atoms with Crippen molar-refractivity contribution in [2.75, 3.05) is 40.5 Å². The fraction of sp³-hybridized carbons (Fsp3) is 0.843. The van der Waals surface area contributed by atoms with Crippen LogP contribution in [-0.2, 0) is 32.7 Å². The molecule has 0 bridgehead atoms. The van der Waals surface area contributed by atoms with Crippen LogP contribution in [0.5, 0.6) is 0 Å². The molecule has 0 aliphatic carbocycles. The van der Waals surface area contributed by atoms with Gasteiger partial charge in [-0.05, 0) is 84.7 Å². The summed E-state index contributed by atoms with van der Waals surface area (Å²) in [6, 6.07) is 0. The molecule has 1 N–H and O–H groups in total. The molecule has 0 spiro atoms. The second-order valence-electron chi connectivity index (χ2n) is 17.3. The minimum atomic E-state index is -4.37. The summed E-state index contributed by atoms with van der Waals surface area (Å²) in [7, 11) is -0.713. The van der Waals surface area contributed by atoms with Crippen molar-refractivity contribution in [2.24, 2.45) is 0 Å². The van der Waals surface area contributed by atoms with Gasteiger partial charge in [-0.15, -0.1) is 0 Å². The van der Waals surface area contributed by atoms with E-state index in [1.54, 1.807) is 0 Å². The fourth-order valence-corrected chi connectivity index (χ4v) is 7.75. The lowest BCUT2D eigenvalue weighted by Gasteiger charge is -2.20. The summed E-state index contributed by atoms with van der Waals surface area (Å²) in [6.07, 6.45) is 51.9. The zero-order chi connectivity index (χ0) is 44.8. The first-order chi connectivity index (χ1) is 29.7. The van der Waals surface area contributed by atoms with Crippen molar-refractivity contribution < 1.29 is 37.6 Å². The number of phosphoric ester groups is 1. The third kappa shape index (κ3) is 47.5. The lowest BCUT2D eigenvalue weighted by Crippen LogP contribution is -2.29. The van der Waals surface area contributed by atoms with Gasteiger partial charge in [0, 0.05) is 19.4 Å². The van der Waals surface area contributed by atoms with Crippen LogP contribution in [0.15, 0.2) is 36.5 Å². The van der Waals surface area contributed by atoms with Gasteiger partial charge in [0.2, 0.25) is 0 Å². The van der Waals surface area contributed by atoms with E-state index >= 15 is 0 Å². The summed E-state index contributed by atoms with van der Waals surface area (Å²) in [4.78, 5) is 37.2. The molecular formula is C51H96NO8P. The average Bonchev–Trinajstić information content (AvgIpc) is 3.23. The maximum absolute atomic E-state index is 12.7. The van der Waals surface area contributed by atoms with Crippen LogP contribution in [0.4, 0.5) is 0 Å². The molecule has 0 fully saturated rings. The van der Waals surface area contributed by atoms with E-state index in [1.807, 2.05) is 19.0 Å². The number of carbonyl (C=O) groups is 2. The Balaban J connectivity index is 4.18. The van der Waals surface area contributed by atoms with E-state index in [4.69, 9.17) is 18.5 Å². The van der Waals surface area contributed by atoms with Gasteiger partial charge >= 0.3 is 19.8 Å². The first kappa shape index (κ1) is 59.2. The fourth-order valence-electron chi connectivity index (χ4n) is 7.01. The van der Waals surface area contributed by atoms with Crippen LogP contribution in [-0.4, -0.2) is 68.3 Å². The monoisotopic (exact) mass is 882 g/mol. The Hall–Kier alpha value is -1.77. The number of esters is 2. The molecule has 0 heterocycles. The first-order valence-corrected chi connectivity index (χ1v) is 26.8. The van der Waals surface area contributed by atoms with Crippen molar-refractivity contribution in [1.82, 2.24) is 4.90 Å². The highest BCUT2D eigenvalue weighted by Gasteiger charge is 2.26. The number of ether oxygens (including phenoxy) is 2. The number of phosphoric acid groups is 1. The van der Waals surface area contributed by atoms with E-state index in [9.17, 15) is 19.0 Å². The predicted molar refractivity (Wildman–Crippen MR) is 257 cm³/mol. The average molecular weight is 882 g/mol. The van der Waals surface area contributed by atoms with E-state index in [0.29, 0.717) is 13.0 Å². The number of hydrogen-bond acceptors (Lipinski definition) is 8. The van der Waals surface area contributed by atoms with E-state index in [-0.39, 0.29) is 32.0 Å². The Kier molecular flexibility index (Phi) is 44.9. The number of carbonyl (C=O) groups excluding carboxylic acids is 2. The highest BCUT2D eigenvalue weighted by atomic mass is 31.2. The number of likely N-dealkylation sites (N-methyl/N-ethyl adjacent to an activating group) is 1. The second kappa shape index (κ2) is 46.2. The Bertz CT molecular complexity index is 1110. The van der Waals surface area contributed by atoms with Gasteiger partial charge < -0.3 is 19.3 Å². The first-order valence-electron chi connectivity index (χ1n) is 25.3. The quantitative estimate of drug-likeness (QED) is 0.0276. The predicted octanol–water partition coefficient (Wildman–Crippen LogP) is 15.1. The largest absolute Gasteiger partial charge is 0.472 e. The molecule has 0 rings (SSSR count). The standard InChI is InChI=1S/C51H96NO8P/c1-5-7-9-11-13-15-17-19-21-23-24-25-26-28-30-32-34-36-38-40-42-44-51(54)60-49(48-59-61(55,56)58-46-45-52(3)4)47-57-50(53)43-41-39-37-35-33-31-29-27-22-20-18-16-14-12-10-8-6-2/h14,16,19-22,49H,5-13,15,17-18,23-48H2,1-4H3,(H,55,56)/b16-14-,21-19-,22-20-. The molecule has 358 valence electrons. The Morgan fingerprint density at radius 3 is 1.34 bits per heavy atom. The van der Waals surface area contributed by atoms with Gasteiger partial charge in [-0.3, -0.25) is 18.6 Å². The van der Waals surface area contributed by atoms with E-state index < -0.39 is 26.5 Å². The number of allylic oxidation sites excluding steroid dienone is 6. The van der Waals surface area contributed by atoms with Crippen molar-refractivity contribution in [3.63, 3.8) is 0 Å². The van der Waals surface area contributed by atoms with Gasteiger partial charge in [-0.2, -0.15) is 0 Å². The maximum Gasteiger partial charge on any atom is 0.472 e. The molecule has 2 unspecified atom stereocenters. The highest BCUT2D eigenvalue weighted by Crippen LogP contribution is 2.43. The van der Waals surface area contributed by atoms with Gasteiger partial charge in [0.05, 0.1) is 13.2 Å². The number of unbranched alkanes of at least 4 members (excludes halogenated alkanes) is 27. The molecule has 0 aromatic heterocycles. The smallest absolute Gasteiger partial charge is 0.462 e. The van der Waals surface area contributed by atoms with Gasteiger partial charge in [0.15, 0.2) is 6.10 Å². The van der Waals surface area contributed by atoms with Crippen molar-refractivity contribution in [1.29, 1.82) is 0 Å². The molecule has 10 heteroatoms. The van der Waals surface area contributed by atoms with Crippen molar-refractivity contribution in [3.8, 4) is 0 Å². The Morgan fingerprint density at radius 1 is 0.508 bits per heavy atom. The highest BCUT2D eigenvalue weighted by molar-refractivity contribution is 7.47. The Morgan fingerprint density at radius 2 is 0.885 bits per heavy atom. The normalized spacial score (nSPS) is 13.5. The van der Waals surface area contributed by atoms with Crippen LogP contribution >= 0.6 is 7.82 Å². The zero-order valence-corrected chi connectivity index (χ0v) is 41.0. The molecule has 61 heavy (non-hydrogen) atoms. The van der Waals surface area contributed by atoms with Crippen molar-refractivity contribution in [3.05, 3.63) is 36.5 Å². The second-order valence-corrected chi connectivity index (χ2v) is 18.8. The lowest BCUT2D eigenvalue weighted by molar-refractivity contribution is -0.161. The molecule has 0 aliphatic heterocycles. The maximum atomic E-state index is 12.7. The van der Waals surface area contributed by atoms with Crippen molar-refractivity contribution in [2.45, 2.75) is 238 Å². The summed E-state index contributed by atoms with van der Waals surface area (Å²) in [5.41, 5.74) is 0. The molecule has 0 saturated heterocycles. The number of nitrogens with zero attached hydrogens (tertiary/aromatic N) is 1. The third-order valence-electron chi connectivity index (χ3n) is 10.9. The minimum absolute atomic E-state index is 0.00636. The molecule has 0 amide bonds. The molecular weight excluding hydrogens is 786 g/mol. The van der Waals surface area contributed by atoms with Gasteiger partial charge in [-0.25, -0.2) is 4.57 Å². The lowest BCUT2D eigenvalue weighted by atomic mass is 10.0. The molecule has 9 nitrogen and oxygen atoms in total. The summed E-state index contributed by atoms with van der Waals surface area (Å²) in [5.74, 6) is -0.805. The molecule has 0 aromatic carbocycles. The van der Waals surface area contributed by atoms with Crippen LogP contribution in [0.25, 0.3) is 0 Å². The van der Waals surface area contributed by atoms with Gasteiger partial charge in [0.1, 0.15) is 6.61 Å². The van der Waals surface area contributed by atoms with E-state index in [1.165, 1.54) is 148 Å². The number of hydrogen-bond donors (Lipinski definition) is 1. The van der Waals surface area contributed by atoms with Crippen LogP contribution < -0.4 is 0 Å². The van der Waals surface area contributed by atoms with Gasteiger partial charge in [0.25, 0.3) is 0 Å². The van der Waals surface area contributed by atoms with Crippen molar-refractivity contribution >= 4 is 19.8 Å². The molecule has 0 saturated carbocycles. The van der Waals surface area contributed by atoms with Crippen LogP contribution in [0.2, 0.25) is 0 Å². The zero-order valence-electron chi connectivity index (χ0n) is 40.1. The van der Waals surface area contributed by atoms with Crippen LogP contribution in [0.1, 0.15) is 232 Å². The number of rotatable bonds is 47. The van der Waals surface area contributed by atoms with E-state index in [2.05, 4.69) is 50.3 Å². The molecule has 0 aliphatic rings. The SMILES string of the molecule is CCCCC/C=C\C/C=C\CCCCCCCCCC(=O)OCC(COP(=O)(O)OCCN(C)C)OC(=O)CCCCCCCCCCCCC/C=C\CCCCCCCC. The molecule has 0 aromatic rings. The topological polar surface area (TPSA) is 112 Å². The van der Waals surface area contributed by atoms with E-state index in [0.717, 1.165) is 51.4 Å². The Labute approximate surface area is 376 Å².